The molecule has 1 aromatic rings. The van der Waals surface area contributed by atoms with Gasteiger partial charge in [-0.15, -0.1) is 0 Å². The van der Waals surface area contributed by atoms with Gasteiger partial charge in [0, 0.05) is 18.8 Å². The van der Waals surface area contributed by atoms with Gasteiger partial charge in [-0.05, 0) is 31.4 Å². The number of anilines is 2. The van der Waals surface area contributed by atoms with Crippen molar-refractivity contribution in [3.05, 3.63) is 18.3 Å². The number of hydrogen-bond donors (Lipinski definition) is 1. The summed E-state index contributed by atoms with van der Waals surface area (Å²) in [4.78, 5) is 6.65. The molecular weight excluding hydrogens is 174 g/mol. The van der Waals surface area contributed by atoms with Gasteiger partial charge in [0.25, 0.3) is 0 Å². The SMILES string of the molecule is CC1CC(C)N(c2ncccc2N)C1. The molecule has 2 unspecified atom stereocenters. The highest BCUT2D eigenvalue weighted by Gasteiger charge is 2.27. The van der Waals surface area contributed by atoms with E-state index in [0.717, 1.165) is 24.0 Å². The van der Waals surface area contributed by atoms with Crippen LogP contribution in [0, 0.1) is 5.92 Å². The lowest BCUT2D eigenvalue weighted by molar-refractivity contribution is 0.625. The van der Waals surface area contributed by atoms with Gasteiger partial charge in [0.05, 0.1) is 5.69 Å². The molecule has 2 N–H and O–H groups in total. The minimum absolute atomic E-state index is 0.558. The Bertz CT molecular complexity index is 324. The van der Waals surface area contributed by atoms with Crippen LogP contribution in [0.25, 0.3) is 0 Å². The van der Waals surface area contributed by atoms with E-state index in [9.17, 15) is 0 Å². The second kappa shape index (κ2) is 3.48. The molecule has 0 radical (unpaired) electrons. The van der Waals surface area contributed by atoms with Crippen molar-refractivity contribution in [2.75, 3.05) is 17.2 Å². The molecule has 76 valence electrons. The van der Waals surface area contributed by atoms with Crippen LogP contribution >= 0.6 is 0 Å². The molecule has 2 heterocycles. The first kappa shape index (κ1) is 9.31. The standard InChI is InChI=1S/C11H17N3/c1-8-6-9(2)14(7-8)11-10(12)4-3-5-13-11/h3-5,8-9H,6-7,12H2,1-2H3. The first-order valence-corrected chi connectivity index (χ1v) is 5.15. The van der Waals surface area contributed by atoms with Gasteiger partial charge in [0.1, 0.15) is 0 Å². The van der Waals surface area contributed by atoms with Crippen LogP contribution in [-0.2, 0) is 0 Å². The monoisotopic (exact) mass is 191 g/mol. The topological polar surface area (TPSA) is 42.2 Å². The maximum Gasteiger partial charge on any atom is 0.152 e. The first-order valence-electron chi connectivity index (χ1n) is 5.15. The zero-order valence-electron chi connectivity index (χ0n) is 8.77. The van der Waals surface area contributed by atoms with E-state index in [2.05, 4.69) is 23.7 Å². The number of nitrogens with zero attached hydrogens (tertiary/aromatic N) is 2. The lowest BCUT2D eigenvalue weighted by atomic mass is 10.1. The van der Waals surface area contributed by atoms with E-state index in [1.807, 2.05) is 12.1 Å². The molecule has 0 aliphatic carbocycles. The number of hydrogen-bond acceptors (Lipinski definition) is 3. The normalized spacial score (nSPS) is 26.9. The third-order valence-electron chi connectivity index (χ3n) is 2.87. The molecule has 3 nitrogen and oxygen atoms in total. The van der Waals surface area contributed by atoms with Crippen molar-refractivity contribution in [1.29, 1.82) is 0 Å². The number of nitrogens with two attached hydrogens (primary N) is 1. The molecule has 0 amide bonds. The van der Waals surface area contributed by atoms with Crippen molar-refractivity contribution in [1.82, 2.24) is 4.98 Å². The van der Waals surface area contributed by atoms with Crippen molar-refractivity contribution < 1.29 is 0 Å². The summed E-state index contributed by atoms with van der Waals surface area (Å²) < 4.78 is 0. The van der Waals surface area contributed by atoms with Gasteiger partial charge in [-0.25, -0.2) is 4.98 Å². The number of aromatic nitrogens is 1. The third-order valence-corrected chi connectivity index (χ3v) is 2.87. The van der Waals surface area contributed by atoms with Crippen LogP contribution in [0.1, 0.15) is 20.3 Å². The fourth-order valence-corrected chi connectivity index (χ4v) is 2.24. The van der Waals surface area contributed by atoms with E-state index < -0.39 is 0 Å². The van der Waals surface area contributed by atoms with Gasteiger partial charge in [-0.2, -0.15) is 0 Å². The molecule has 2 rings (SSSR count). The molecule has 1 fully saturated rings. The van der Waals surface area contributed by atoms with E-state index in [-0.39, 0.29) is 0 Å². The Morgan fingerprint density at radius 2 is 2.29 bits per heavy atom. The lowest BCUT2D eigenvalue weighted by Crippen LogP contribution is -2.28. The van der Waals surface area contributed by atoms with Crippen molar-refractivity contribution in [2.24, 2.45) is 5.92 Å². The van der Waals surface area contributed by atoms with Gasteiger partial charge in [-0.1, -0.05) is 6.92 Å². The Balaban J connectivity index is 2.27. The Kier molecular flexibility index (Phi) is 2.32. The Morgan fingerprint density at radius 3 is 2.86 bits per heavy atom. The average Bonchev–Trinajstić information content (AvgIpc) is 2.46. The molecule has 1 aromatic heterocycles. The summed E-state index contributed by atoms with van der Waals surface area (Å²) in [6.45, 7) is 5.58. The fraction of sp³-hybridized carbons (Fsp3) is 0.545. The van der Waals surface area contributed by atoms with Crippen LogP contribution in [0.3, 0.4) is 0 Å². The minimum Gasteiger partial charge on any atom is -0.396 e. The molecule has 2 atom stereocenters. The second-order valence-electron chi connectivity index (χ2n) is 4.26. The first-order chi connectivity index (χ1) is 6.68. The number of nitrogen functional groups attached to an aromatic ring is 1. The number of rotatable bonds is 1. The van der Waals surface area contributed by atoms with Crippen molar-refractivity contribution in [2.45, 2.75) is 26.3 Å². The van der Waals surface area contributed by atoms with Crippen LogP contribution in [-0.4, -0.2) is 17.6 Å². The zero-order valence-corrected chi connectivity index (χ0v) is 8.77. The number of pyridine rings is 1. The minimum atomic E-state index is 0.558. The molecule has 0 bridgehead atoms. The zero-order chi connectivity index (χ0) is 10.1. The molecule has 3 heteroatoms. The Morgan fingerprint density at radius 1 is 1.50 bits per heavy atom. The van der Waals surface area contributed by atoms with E-state index in [0.29, 0.717) is 6.04 Å². The predicted molar refractivity (Wildman–Crippen MR) is 59.2 cm³/mol. The van der Waals surface area contributed by atoms with Crippen LogP contribution < -0.4 is 10.6 Å². The fourth-order valence-electron chi connectivity index (χ4n) is 2.24. The Hall–Kier alpha value is -1.25. The highest BCUT2D eigenvalue weighted by molar-refractivity contribution is 5.63. The van der Waals surface area contributed by atoms with Crippen LogP contribution in [0.4, 0.5) is 11.5 Å². The average molecular weight is 191 g/mol. The van der Waals surface area contributed by atoms with Gasteiger partial charge < -0.3 is 10.6 Å². The molecule has 0 saturated carbocycles. The van der Waals surface area contributed by atoms with Crippen molar-refractivity contribution in [3.63, 3.8) is 0 Å². The molecule has 1 saturated heterocycles. The smallest absolute Gasteiger partial charge is 0.152 e. The molecule has 1 aliphatic rings. The van der Waals surface area contributed by atoms with Gasteiger partial charge in [0.15, 0.2) is 5.82 Å². The van der Waals surface area contributed by atoms with E-state index in [1.54, 1.807) is 6.20 Å². The summed E-state index contributed by atoms with van der Waals surface area (Å²) in [5, 5.41) is 0. The molecule has 0 aromatic carbocycles. The maximum absolute atomic E-state index is 5.90. The summed E-state index contributed by atoms with van der Waals surface area (Å²) in [5.41, 5.74) is 6.69. The van der Waals surface area contributed by atoms with Crippen molar-refractivity contribution >= 4 is 11.5 Å². The summed E-state index contributed by atoms with van der Waals surface area (Å²) in [7, 11) is 0. The van der Waals surface area contributed by atoms with Crippen molar-refractivity contribution in [3.8, 4) is 0 Å². The van der Waals surface area contributed by atoms with Crippen LogP contribution in [0.5, 0.6) is 0 Å². The van der Waals surface area contributed by atoms with E-state index in [1.165, 1.54) is 6.42 Å². The van der Waals surface area contributed by atoms with Gasteiger partial charge in [0.2, 0.25) is 0 Å². The summed E-state index contributed by atoms with van der Waals surface area (Å²) in [6.07, 6.45) is 3.04. The summed E-state index contributed by atoms with van der Waals surface area (Å²) in [5.74, 6) is 1.69. The Labute approximate surface area is 84.9 Å². The predicted octanol–water partition coefficient (Wildman–Crippen LogP) is 1.90. The summed E-state index contributed by atoms with van der Waals surface area (Å²) >= 11 is 0. The van der Waals surface area contributed by atoms with E-state index >= 15 is 0 Å². The highest BCUT2D eigenvalue weighted by Crippen LogP contribution is 2.30. The lowest BCUT2D eigenvalue weighted by Gasteiger charge is -2.23. The summed E-state index contributed by atoms with van der Waals surface area (Å²) in [6, 6.07) is 4.35. The van der Waals surface area contributed by atoms with E-state index in [4.69, 9.17) is 5.73 Å². The van der Waals surface area contributed by atoms with Crippen LogP contribution in [0.2, 0.25) is 0 Å². The molecule has 14 heavy (non-hydrogen) atoms. The molecule has 1 aliphatic heterocycles. The van der Waals surface area contributed by atoms with Gasteiger partial charge in [-0.3, -0.25) is 0 Å². The van der Waals surface area contributed by atoms with Gasteiger partial charge >= 0.3 is 0 Å². The highest BCUT2D eigenvalue weighted by atomic mass is 15.2. The largest absolute Gasteiger partial charge is 0.396 e. The second-order valence-corrected chi connectivity index (χ2v) is 4.26. The quantitative estimate of drug-likeness (QED) is 0.737. The van der Waals surface area contributed by atoms with Crippen LogP contribution in [0.15, 0.2) is 18.3 Å². The molecule has 0 spiro atoms. The third kappa shape index (κ3) is 1.54. The molecular formula is C11H17N3. The maximum atomic E-state index is 5.90.